The molecule has 110 valence electrons. The quantitative estimate of drug-likeness (QED) is 0.700. The normalized spacial score (nSPS) is 10.4. The summed E-state index contributed by atoms with van der Waals surface area (Å²) in [5, 5.41) is 0. The van der Waals surface area contributed by atoms with Gasteiger partial charge in [-0.2, -0.15) is 0 Å². The van der Waals surface area contributed by atoms with Gasteiger partial charge in [-0.25, -0.2) is 15.3 Å². The number of amides is 1. The molecule has 0 aliphatic carbocycles. The van der Waals surface area contributed by atoms with Crippen LogP contribution in [-0.2, 0) is 4.84 Å². The highest BCUT2D eigenvalue weighted by molar-refractivity contribution is 6.03. The average molecular weight is 298 g/mol. The van der Waals surface area contributed by atoms with Gasteiger partial charge in [-0.05, 0) is 24.3 Å². The topological polar surface area (TPSA) is 120 Å². The zero-order valence-corrected chi connectivity index (χ0v) is 11.1. The van der Waals surface area contributed by atoms with Gasteiger partial charge in [0.05, 0.1) is 11.3 Å². The molecule has 8 heteroatoms. The minimum Gasteiger partial charge on any atom is -0.432 e. The van der Waals surface area contributed by atoms with E-state index in [2.05, 4.69) is 15.4 Å². The van der Waals surface area contributed by atoms with E-state index >= 15 is 0 Å². The van der Waals surface area contributed by atoms with Crippen molar-refractivity contribution in [1.29, 1.82) is 0 Å². The summed E-state index contributed by atoms with van der Waals surface area (Å²) in [6, 6.07) is 7.93. The summed E-state index contributed by atoms with van der Waals surface area (Å²) in [6.07, 6.45) is 3.10. The Morgan fingerprint density at radius 1 is 1.18 bits per heavy atom. The third kappa shape index (κ3) is 2.57. The molecule has 3 aromatic rings. The number of para-hydroxylation sites is 1. The highest BCUT2D eigenvalue weighted by Gasteiger charge is 2.18. The second-order valence-electron chi connectivity index (χ2n) is 4.26. The van der Waals surface area contributed by atoms with Crippen molar-refractivity contribution >= 4 is 28.7 Å². The van der Waals surface area contributed by atoms with Crippen LogP contribution in [0.2, 0.25) is 0 Å². The van der Waals surface area contributed by atoms with Crippen LogP contribution in [0.1, 0.15) is 21.0 Å². The lowest BCUT2D eigenvalue weighted by molar-refractivity contribution is 0.0598. The summed E-state index contributed by atoms with van der Waals surface area (Å²) in [7, 11) is 0. The molecule has 3 rings (SSSR count). The molecule has 1 amide bonds. The fraction of sp³-hybridized carbons (Fsp3) is 0. The van der Waals surface area contributed by atoms with Crippen LogP contribution in [-0.4, -0.2) is 21.8 Å². The largest absolute Gasteiger partial charge is 0.432 e. The second-order valence-corrected chi connectivity index (χ2v) is 4.26. The Kier molecular flexibility index (Phi) is 3.40. The predicted molar refractivity (Wildman–Crippen MR) is 75.8 cm³/mol. The number of anilines is 1. The van der Waals surface area contributed by atoms with E-state index < -0.39 is 11.9 Å². The van der Waals surface area contributed by atoms with E-state index in [-0.39, 0.29) is 22.6 Å². The number of fused-ring (bicyclic) bond motifs is 1. The SMILES string of the molecule is NC(=O)c1nc2c(C(=O)ONc3ccncc3)cccc2o1. The van der Waals surface area contributed by atoms with Crippen LogP contribution in [0.15, 0.2) is 47.1 Å². The van der Waals surface area contributed by atoms with Crippen LogP contribution < -0.4 is 11.2 Å². The van der Waals surface area contributed by atoms with Gasteiger partial charge in [0, 0.05) is 12.4 Å². The van der Waals surface area contributed by atoms with E-state index in [4.69, 9.17) is 15.0 Å². The van der Waals surface area contributed by atoms with Crippen molar-refractivity contribution in [3.63, 3.8) is 0 Å². The molecule has 0 bridgehead atoms. The zero-order valence-electron chi connectivity index (χ0n) is 11.1. The predicted octanol–water partition coefficient (Wildman–Crippen LogP) is 1.51. The lowest BCUT2D eigenvalue weighted by Gasteiger charge is -2.06. The first kappa shape index (κ1) is 13.6. The average Bonchev–Trinajstić information content (AvgIpc) is 2.98. The van der Waals surface area contributed by atoms with Gasteiger partial charge in [0.15, 0.2) is 5.58 Å². The van der Waals surface area contributed by atoms with Gasteiger partial charge < -0.3 is 15.0 Å². The standard InChI is InChI=1S/C14H10N4O4/c15-12(19)13-17-11-9(2-1-3-10(11)21-13)14(20)22-18-8-4-6-16-7-5-8/h1-7H,(H2,15,19)(H,16,18). The van der Waals surface area contributed by atoms with Crippen molar-refractivity contribution in [2.24, 2.45) is 5.73 Å². The van der Waals surface area contributed by atoms with E-state index in [1.54, 1.807) is 36.7 Å². The number of aromatic nitrogens is 2. The minimum absolute atomic E-state index is 0.148. The molecule has 1 aromatic carbocycles. The second kappa shape index (κ2) is 5.52. The van der Waals surface area contributed by atoms with Crippen LogP contribution >= 0.6 is 0 Å². The van der Waals surface area contributed by atoms with Crippen LogP contribution in [0.3, 0.4) is 0 Å². The molecule has 0 radical (unpaired) electrons. The molecule has 0 saturated carbocycles. The fourth-order valence-electron chi connectivity index (χ4n) is 1.80. The number of hydrogen-bond donors (Lipinski definition) is 2. The van der Waals surface area contributed by atoms with Crippen LogP contribution in [0.25, 0.3) is 11.1 Å². The smallest absolute Gasteiger partial charge is 0.365 e. The zero-order chi connectivity index (χ0) is 15.5. The molecule has 0 unspecified atom stereocenters. The maximum atomic E-state index is 12.1. The Hall–Kier alpha value is -3.42. The minimum atomic E-state index is -0.814. The maximum Gasteiger partial charge on any atom is 0.365 e. The number of benzene rings is 1. The molecule has 3 N–H and O–H groups in total. The highest BCUT2D eigenvalue weighted by atomic mass is 16.7. The number of nitrogens with one attached hydrogen (secondary N) is 1. The van der Waals surface area contributed by atoms with Gasteiger partial charge in [-0.1, -0.05) is 6.07 Å². The first-order valence-corrected chi connectivity index (χ1v) is 6.22. The Bertz CT molecular complexity index is 844. The van der Waals surface area contributed by atoms with Crippen molar-refractivity contribution in [2.45, 2.75) is 0 Å². The van der Waals surface area contributed by atoms with Gasteiger partial charge in [0.1, 0.15) is 5.52 Å². The number of nitrogens with two attached hydrogens (primary N) is 1. The number of primary amides is 1. The van der Waals surface area contributed by atoms with Crippen molar-refractivity contribution in [3.8, 4) is 0 Å². The maximum absolute atomic E-state index is 12.1. The molecule has 0 aliphatic rings. The van der Waals surface area contributed by atoms with Crippen LogP contribution in [0.5, 0.6) is 0 Å². The summed E-state index contributed by atoms with van der Waals surface area (Å²) in [5.41, 5.74) is 8.80. The van der Waals surface area contributed by atoms with E-state index in [0.717, 1.165) is 0 Å². The number of rotatable bonds is 4. The first-order valence-electron chi connectivity index (χ1n) is 6.22. The van der Waals surface area contributed by atoms with Gasteiger partial charge in [-0.15, -0.1) is 0 Å². The molecule has 2 heterocycles. The van der Waals surface area contributed by atoms with Crippen molar-refractivity contribution < 1.29 is 18.8 Å². The monoisotopic (exact) mass is 298 g/mol. The van der Waals surface area contributed by atoms with E-state index in [1.807, 2.05) is 0 Å². The molecule has 8 nitrogen and oxygen atoms in total. The fourth-order valence-corrected chi connectivity index (χ4v) is 1.80. The summed E-state index contributed by atoms with van der Waals surface area (Å²) in [4.78, 5) is 35.9. The lowest BCUT2D eigenvalue weighted by atomic mass is 10.2. The molecular weight excluding hydrogens is 288 g/mol. The molecule has 0 aliphatic heterocycles. The van der Waals surface area contributed by atoms with Gasteiger partial charge in [-0.3, -0.25) is 9.78 Å². The van der Waals surface area contributed by atoms with Crippen molar-refractivity contribution in [3.05, 3.63) is 54.2 Å². The molecule has 0 atom stereocenters. The van der Waals surface area contributed by atoms with Gasteiger partial charge >= 0.3 is 11.9 Å². The molecule has 2 aromatic heterocycles. The number of pyridine rings is 1. The first-order chi connectivity index (χ1) is 10.6. The molecular formula is C14H10N4O4. The number of hydrogen-bond acceptors (Lipinski definition) is 7. The summed E-state index contributed by atoms with van der Waals surface area (Å²) in [6.45, 7) is 0. The summed E-state index contributed by atoms with van der Waals surface area (Å²) >= 11 is 0. The Balaban J connectivity index is 1.86. The number of carbonyl (C=O) groups is 2. The van der Waals surface area contributed by atoms with E-state index in [9.17, 15) is 9.59 Å². The lowest BCUT2D eigenvalue weighted by Crippen LogP contribution is -2.12. The van der Waals surface area contributed by atoms with Crippen LogP contribution in [0.4, 0.5) is 5.69 Å². The summed E-state index contributed by atoms with van der Waals surface area (Å²) in [5.74, 6) is -1.76. The number of carbonyl (C=O) groups excluding carboxylic acids is 2. The van der Waals surface area contributed by atoms with E-state index in [1.165, 1.54) is 6.07 Å². The number of nitrogens with zero attached hydrogens (tertiary/aromatic N) is 2. The Morgan fingerprint density at radius 2 is 1.95 bits per heavy atom. The third-order valence-electron chi connectivity index (χ3n) is 2.79. The number of oxazole rings is 1. The molecule has 0 saturated heterocycles. The third-order valence-corrected chi connectivity index (χ3v) is 2.79. The molecule has 0 spiro atoms. The Morgan fingerprint density at radius 3 is 2.68 bits per heavy atom. The summed E-state index contributed by atoms with van der Waals surface area (Å²) < 4.78 is 5.16. The van der Waals surface area contributed by atoms with Crippen molar-refractivity contribution in [1.82, 2.24) is 9.97 Å². The molecule has 22 heavy (non-hydrogen) atoms. The van der Waals surface area contributed by atoms with Gasteiger partial charge in [0.25, 0.3) is 5.89 Å². The van der Waals surface area contributed by atoms with Crippen molar-refractivity contribution in [2.75, 3.05) is 5.48 Å². The van der Waals surface area contributed by atoms with Gasteiger partial charge in [0.2, 0.25) is 0 Å². The Labute approximate surface area is 123 Å². The highest BCUT2D eigenvalue weighted by Crippen LogP contribution is 2.20. The van der Waals surface area contributed by atoms with Crippen LogP contribution in [0, 0.1) is 0 Å². The van der Waals surface area contributed by atoms with E-state index in [0.29, 0.717) is 5.69 Å². The molecule has 0 fully saturated rings.